The maximum absolute atomic E-state index is 11.8. The summed E-state index contributed by atoms with van der Waals surface area (Å²) in [5.74, 6) is -0.280. The number of carbonyl (C=O) groups excluding carboxylic acids is 1. The van der Waals surface area contributed by atoms with Crippen molar-refractivity contribution < 1.29 is 4.79 Å². The number of halogens is 1. The summed E-state index contributed by atoms with van der Waals surface area (Å²) in [6.07, 6.45) is 1.35. The monoisotopic (exact) mass is 256 g/mol. The van der Waals surface area contributed by atoms with Gasteiger partial charge in [0.1, 0.15) is 5.69 Å². The van der Waals surface area contributed by atoms with Crippen molar-refractivity contribution in [2.45, 2.75) is 0 Å². The Kier molecular flexibility index (Phi) is 2.12. The zero-order chi connectivity index (χ0) is 10.1. The molecule has 0 unspecified atom stereocenters. The molecule has 0 saturated heterocycles. The lowest BCUT2D eigenvalue weighted by atomic mass is 10.2. The van der Waals surface area contributed by atoms with E-state index in [-0.39, 0.29) is 11.5 Å². The molecule has 2 rings (SSSR count). The first-order valence-electron chi connectivity index (χ1n) is 3.66. The summed E-state index contributed by atoms with van der Waals surface area (Å²) in [4.78, 5) is 11.8. The summed E-state index contributed by atoms with van der Waals surface area (Å²) in [5, 5.41) is 17.0. The van der Waals surface area contributed by atoms with Gasteiger partial charge >= 0.3 is 0 Å². The Morgan fingerprint density at radius 2 is 2.43 bits per heavy atom. The Hall–Kier alpha value is -1.57. The molecule has 0 aliphatic rings. The van der Waals surface area contributed by atoms with Crippen LogP contribution in [0.25, 0.3) is 0 Å². The number of aromatic amines is 1. The van der Waals surface area contributed by atoms with Crippen LogP contribution in [0.5, 0.6) is 0 Å². The maximum Gasteiger partial charge on any atom is 0.235 e. The maximum atomic E-state index is 11.8. The Morgan fingerprint density at radius 1 is 1.64 bits per heavy atom. The summed E-state index contributed by atoms with van der Waals surface area (Å²) < 4.78 is 1.77. The number of aromatic nitrogens is 6. The average molecular weight is 257 g/mol. The van der Waals surface area contributed by atoms with Crippen LogP contribution < -0.4 is 0 Å². The van der Waals surface area contributed by atoms with Crippen LogP contribution in [0.2, 0.25) is 0 Å². The number of hydrogen-bond donors (Lipinski definition) is 1. The van der Waals surface area contributed by atoms with E-state index in [1.54, 1.807) is 7.05 Å². The van der Waals surface area contributed by atoms with Gasteiger partial charge in [0.05, 0.1) is 6.20 Å². The third-order valence-corrected chi connectivity index (χ3v) is 2.18. The SMILES string of the molecule is Cn1nnc(Br)c1C(=O)c1cn[nH]n1. The number of nitrogens with zero attached hydrogens (tertiary/aromatic N) is 5. The van der Waals surface area contributed by atoms with Gasteiger partial charge in [0.15, 0.2) is 10.3 Å². The van der Waals surface area contributed by atoms with Crippen LogP contribution in [0.3, 0.4) is 0 Å². The van der Waals surface area contributed by atoms with Crippen LogP contribution in [-0.2, 0) is 7.05 Å². The van der Waals surface area contributed by atoms with E-state index in [0.717, 1.165) is 0 Å². The van der Waals surface area contributed by atoms with Crippen LogP contribution in [0.1, 0.15) is 16.2 Å². The minimum atomic E-state index is -0.280. The first-order valence-corrected chi connectivity index (χ1v) is 4.45. The molecule has 0 atom stereocenters. The fourth-order valence-corrected chi connectivity index (χ4v) is 1.51. The molecule has 0 saturated carbocycles. The van der Waals surface area contributed by atoms with Crippen molar-refractivity contribution in [2.24, 2.45) is 7.05 Å². The van der Waals surface area contributed by atoms with Crippen molar-refractivity contribution in [2.75, 3.05) is 0 Å². The van der Waals surface area contributed by atoms with Crippen LogP contribution in [-0.4, -0.2) is 36.2 Å². The molecule has 2 aromatic rings. The van der Waals surface area contributed by atoms with E-state index in [1.165, 1.54) is 10.9 Å². The third kappa shape index (κ3) is 1.33. The fraction of sp³-hybridized carbons (Fsp3) is 0.167. The molecule has 72 valence electrons. The zero-order valence-electron chi connectivity index (χ0n) is 7.10. The van der Waals surface area contributed by atoms with Gasteiger partial charge in [0.25, 0.3) is 0 Å². The molecule has 2 heterocycles. The fourth-order valence-electron chi connectivity index (χ4n) is 1.00. The van der Waals surface area contributed by atoms with Gasteiger partial charge < -0.3 is 0 Å². The molecular formula is C6H5BrN6O. The number of ketones is 1. The Balaban J connectivity index is 2.46. The molecule has 0 bridgehead atoms. The van der Waals surface area contributed by atoms with Crippen molar-refractivity contribution in [3.8, 4) is 0 Å². The van der Waals surface area contributed by atoms with Gasteiger partial charge in [-0.25, -0.2) is 4.68 Å². The number of H-pyrrole nitrogens is 1. The summed E-state index contributed by atoms with van der Waals surface area (Å²) in [7, 11) is 1.63. The van der Waals surface area contributed by atoms with E-state index in [9.17, 15) is 4.79 Å². The van der Waals surface area contributed by atoms with Gasteiger partial charge in [-0.1, -0.05) is 5.21 Å². The van der Waals surface area contributed by atoms with Crippen molar-refractivity contribution in [1.29, 1.82) is 0 Å². The summed E-state index contributed by atoms with van der Waals surface area (Å²) in [5.41, 5.74) is 0.579. The highest BCUT2D eigenvalue weighted by atomic mass is 79.9. The summed E-state index contributed by atoms with van der Waals surface area (Å²) in [6, 6.07) is 0. The predicted octanol–water partition coefficient (Wildman–Crippen LogP) is -0.0733. The molecule has 8 heteroatoms. The van der Waals surface area contributed by atoms with Crippen molar-refractivity contribution in [3.63, 3.8) is 0 Å². The zero-order valence-corrected chi connectivity index (χ0v) is 8.69. The van der Waals surface area contributed by atoms with Crippen molar-refractivity contribution in [1.82, 2.24) is 30.4 Å². The molecule has 2 aromatic heterocycles. The van der Waals surface area contributed by atoms with Crippen LogP contribution >= 0.6 is 15.9 Å². The second-order valence-electron chi connectivity index (χ2n) is 2.54. The van der Waals surface area contributed by atoms with E-state index in [0.29, 0.717) is 10.3 Å². The highest BCUT2D eigenvalue weighted by Crippen LogP contribution is 2.14. The van der Waals surface area contributed by atoms with E-state index in [1.807, 2.05) is 0 Å². The molecule has 0 spiro atoms. The summed E-state index contributed by atoms with van der Waals surface area (Å²) >= 11 is 3.13. The largest absolute Gasteiger partial charge is 0.285 e. The lowest BCUT2D eigenvalue weighted by Crippen LogP contribution is -2.09. The smallest absolute Gasteiger partial charge is 0.235 e. The first kappa shape index (κ1) is 9.00. The molecular weight excluding hydrogens is 252 g/mol. The van der Waals surface area contributed by atoms with Crippen LogP contribution in [0.15, 0.2) is 10.8 Å². The molecule has 0 aliphatic heterocycles. The number of carbonyl (C=O) groups is 1. The van der Waals surface area contributed by atoms with Gasteiger partial charge in [0.2, 0.25) is 5.78 Å². The van der Waals surface area contributed by atoms with E-state index >= 15 is 0 Å². The number of aryl methyl sites for hydroxylation is 1. The molecule has 1 N–H and O–H groups in total. The average Bonchev–Trinajstić information content (AvgIpc) is 2.75. The molecule has 7 nitrogen and oxygen atoms in total. The van der Waals surface area contributed by atoms with Gasteiger partial charge in [-0.3, -0.25) is 4.79 Å². The minimum absolute atomic E-state index is 0.233. The topological polar surface area (TPSA) is 89.4 Å². The lowest BCUT2D eigenvalue weighted by Gasteiger charge is -1.95. The summed E-state index contributed by atoms with van der Waals surface area (Å²) in [6.45, 7) is 0. The normalized spacial score (nSPS) is 10.4. The molecule has 0 aromatic carbocycles. The standard InChI is InChI=1S/C6H5BrN6O/c1-13-4(6(7)10-12-13)5(14)3-2-8-11-9-3/h2H,1H3,(H,8,9,11). The molecule has 0 amide bonds. The molecule has 0 radical (unpaired) electrons. The van der Waals surface area contributed by atoms with Crippen molar-refractivity contribution >= 4 is 21.7 Å². The van der Waals surface area contributed by atoms with Gasteiger partial charge in [0, 0.05) is 7.05 Å². The van der Waals surface area contributed by atoms with Crippen LogP contribution in [0, 0.1) is 0 Å². The molecule has 0 aliphatic carbocycles. The lowest BCUT2D eigenvalue weighted by molar-refractivity contribution is 0.102. The van der Waals surface area contributed by atoms with Crippen LogP contribution in [0.4, 0.5) is 0 Å². The first-order chi connectivity index (χ1) is 6.70. The second-order valence-corrected chi connectivity index (χ2v) is 3.29. The molecule has 14 heavy (non-hydrogen) atoms. The quantitative estimate of drug-likeness (QED) is 0.760. The van der Waals surface area contributed by atoms with Gasteiger partial charge in [-0.05, 0) is 15.9 Å². The number of rotatable bonds is 2. The van der Waals surface area contributed by atoms with Crippen molar-refractivity contribution in [3.05, 3.63) is 22.2 Å². The molecule has 0 fully saturated rings. The Labute approximate surface area is 86.6 Å². The predicted molar refractivity (Wildman–Crippen MR) is 48.5 cm³/mol. The minimum Gasteiger partial charge on any atom is -0.285 e. The Morgan fingerprint density at radius 3 is 2.93 bits per heavy atom. The Bertz CT molecular complexity index is 441. The van der Waals surface area contributed by atoms with Gasteiger partial charge in [-0.15, -0.1) is 5.10 Å². The number of hydrogen-bond acceptors (Lipinski definition) is 5. The van der Waals surface area contributed by atoms with E-state index in [4.69, 9.17) is 0 Å². The highest BCUT2D eigenvalue weighted by Gasteiger charge is 2.20. The van der Waals surface area contributed by atoms with Gasteiger partial charge in [-0.2, -0.15) is 15.4 Å². The number of nitrogens with one attached hydrogen (secondary N) is 1. The second kappa shape index (κ2) is 3.29. The van der Waals surface area contributed by atoms with E-state index in [2.05, 4.69) is 41.7 Å². The highest BCUT2D eigenvalue weighted by molar-refractivity contribution is 9.10. The van der Waals surface area contributed by atoms with E-state index < -0.39 is 0 Å². The third-order valence-electron chi connectivity index (χ3n) is 1.65.